The molecule has 116 valence electrons. The fourth-order valence-electron chi connectivity index (χ4n) is 2.31. The number of amides is 1. The van der Waals surface area contributed by atoms with E-state index < -0.39 is 17.9 Å². The molecule has 0 aliphatic carbocycles. The smallest absolute Gasteiger partial charge is 0.330 e. The van der Waals surface area contributed by atoms with Gasteiger partial charge in [-0.05, 0) is 29.7 Å². The Morgan fingerprint density at radius 2 is 1.74 bits per heavy atom. The second-order valence-electron chi connectivity index (χ2n) is 4.97. The number of aryl methyl sites for hydroxylation is 1. The van der Waals surface area contributed by atoms with Crippen LogP contribution in [-0.2, 0) is 11.2 Å². The molecule has 1 unspecified atom stereocenters. The summed E-state index contributed by atoms with van der Waals surface area (Å²) in [6, 6.07) is 16.3. The summed E-state index contributed by atoms with van der Waals surface area (Å²) in [5.41, 5.74) is 1.64. The normalized spacial score (nSPS) is 11.3. The summed E-state index contributed by atoms with van der Waals surface area (Å²) in [6.45, 7) is 0. The van der Waals surface area contributed by atoms with Gasteiger partial charge in [0.2, 0.25) is 0 Å². The molecular formula is C18H16N2O3. The average molecular weight is 308 g/mol. The summed E-state index contributed by atoms with van der Waals surface area (Å²) in [7, 11) is 0. The quantitative estimate of drug-likeness (QED) is 0.858. The minimum Gasteiger partial charge on any atom is -0.479 e. The number of benzene rings is 2. The summed E-state index contributed by atoms with van der Waals surface area (Å²) >= 11 is 0. The van der Waals surface area contributed by atoms with Crippen LogP contribution in [0.2, 0.25) is 0 Å². The Bertz CT molecular complexity index is 735. The molecule has 2 N–H and O–H groups in total. The lowest BCUT2D eigenvalue weighted by atomic mass is 9.97. The Kier molecular flexibility index (Phi) is 5.48. The van der Waals surface area contributed by atoms with Crippen molar-refractivity contribution in [2.45, 2.75) is 18.9 Å². The van der Waals surface area contributed by atoms with Gasteiger partial charge in [0.25, 0.3) is 5.91 Å². The van der Waals surface area contributed by atoms with Crippen LogP contribution < -0.4 is 5.32 Å². The number of hydrogen-bond donors (Lipinski definition) is 2. The molecule has 0 spiro atoms. The molecule has 0 radical (unpaired) electrons. The van der Waals surface area contributed by atoms with Crippen LogP contribution in [0.1, 0.15) is 33.9 Å². The molecule has 1 atom stereocenters. The molecule has 0 saturated heterocycles. The number of aliphatic carboxylic acids is 1. The van der Waals surface area contributed by atoms with Crippen molar-refractivity contribution in [1.82, 2.24) is 5.32 Å². The zero-order chi connectivity index (χ0) is 16.7. The molecule has 0 bridgehead atoms. The SMILES string of the molecule is N#CCCc1ccccc1C(NC(=O)c1ccccc1)C(=O)O. The molecule has 1 amide bonds. The maximum Gasteiger partial charge on any atom is 0.330 e. The molecule has 2 aromatic rings. The van der Waals surface area contributed by atoms with Gasteiger partial charge in [0.05, 0.1) is 6.07 Å². The number of nitriles is 1. The van der Waals surface area contributed by atoms with Crippen molar-refractivity contribution in [3.8, 4) is 6.07 Å². The van der Waals surface area contributed by atoms with Gasteiger partial charge in [0, 0.05) is 12.0 Å². The fraction of sp³-hybridized carbons (Fsp3) is 0.167. The number of nitrogens with zero attached hydrogens (tertiary/aromatic N) is 1. The van der Waals surface area contributed by atoms with E-state index in [4.69, 9.17) is 5.26 Å². The van der Waals surface area contributed by atoms with Gasteiger partial charge in [-0.15, -0.1) is 0 Å². The molecule has 0 saturated carbocycles. The van der Waals surface area contributed by atoms with Gasteiger partial charge in [0.1, 0.15) is 0 Å². The largest absolute Gasteiger partial charge is 0.479 e. The number of carboxylic acid groups (broad SMARTS) is 1. The number of rotatable bonds is 6. The standard InChI is InChI=1S/C18H16N2O3/c19-12-6-10-13-7-4-5-11-15(13)16(18(22)23)20-17(21)14-8-2-1-3-9-14/h1-5,7-9,11,16H,6,10H2,(H,20,21)(H,22,23). The number of carbonyl (C=O) groups is 2. The predicted molar refractivity (Wildman–Crippen MR) is 84.7 cm³/mol. The van der Waals surface area contributed by atoms with Crippen molar-refractivity contribution in [1.29, 1.82) is 5.26 Å². The first-order chi connectivity index (χ1) is 11.1. The molecule has 23 heavy (non-hydrogen) atoms. The van der Waals surface area contributed by atoms with Crippen molar-refractivity contribution < 1.29 is 14.7 Å². The molecule has 0 fully saturated rings. The van der Waals surface area contributed by atoms with E-state index in [-0.39, 0.29) is 6.42 Å². The first-order valence-electron chi connectivity index (χ1n) is 7.17. The molecule has 0 aliphatic rings. The molecule has 5 nitrogen and oxygen atoms in total. The maximum atomic E-state index is 12.2. The predicted octanol–water partition coefficient (Wildman–Crippen LogP) is 2.70. The van der Waals surface area contributed by atoms with Crippen LogP contribution in [0.3, 0.4) is 0 Å². The van der Waals surface area contributed by atoms with E-state index in [9.17, 15) is 14.7 Å². The van der Waals surface area contributed by atoms with Crippen LogP contribution in [0.5, 0.6) is 0 Å². The van der Waals surface area contributed by atoms with E-state index in [1.165, 1.54) is 0 Å². The number of hydrogen-bond acceptors (Lipinski definition) is 3. The highest BCUT2D eigenvalue weighted by Crippen LogP contribution is 2.20. The number of carboxylic acids is 1. The highest BCUT2D eigenvalue weighted by atomic mass is 16.4. The third-order valence-electron chi connectivity index (χ3n) is 3.43. The van der Waals surface area contributed by atoms with Crippen LogP contribution in [0, 0.1) is 11.3 Å². The van der Waals surface area contributed by atoms with E-state index >= 15 is 0 Å². The lowest BCUT2D eigenvalue weighted by Crippen LogP contribution is -2.34. The minimum atomic E-state index is -1.16. The van der Waals surface area contributed by atoms with Gasteiger partial charge in [-0.1, -0.05) is 42.5 Å². The van der Waals surface area contributed by atoms with Crippen LogP contribution in [0.4, 0.5) is 0 Å². The zero-order valence-corrected chi connectivity index (χ0v) is 12.4. The highest BCUT2D eigenvalue weighted by molar-refractivity contribution is 5.96. The number of nitrogens with one attached hydrogen (secondary N) is 1. The Hall–Kier alpha value is -3.13. The minimum absolute atomic E-state index is 0.288. The molecule has 0 aromatic heterocycles. The second kappa shape index (κ2) is 7.76. The van der Waals surface area contributed by atoms with Crippen LogP contribution in [0.15, 0.2) is 54.6 Å². The fourth-order valence-corrected chi connectivity index (χ4v) is 2.31. The molecule has 2 aromatic carbocycles. The van der Waals surface area contributed by atoms with E-state index in [1.54, 1.807) is 54.6 Å². The summed E-state index contributed by atoms with van der Waals surface area (Å²) in [4.78, 5) is 23.8. The summed E-state index contributed by atoms with van der Waals surface area (Å²) in [5, 5.41) is 20.8. The maximum absolute atomic E-state index is 12.2. The summed E-state index contributed by atoms with van der Waals surface area (Å²) in [6.07, 6.45) is 0.730. The lowest BCUT2D eigenvalue weighted by molar-refractivity contribution is -0.139. The number of carbonyl (C=O) groups excluding carboxylic acids is 1. The Morgan fingerprint density at radius 3 is 2.39 bits per heavy atom. The van der Waals surface area contributed by atoms with Gasteiger partial charge in [0.15, 0.2) is 6.04 Å². The molecule has 2 rings (SSSR count). The molecular weight excluding hydrogens is 292 g/mol. The van der Waals surface area contributed by atoms with E-state index in [2.05, 4.69) is 5.32 Å². The van der Waals surface area contributed by atoms with Crippen LogP contribution >= 0.6 is 0 Å². The van der Waals surface area contributed by atoms with Crippen LogP contribution in [-0.4, -0.2) is 17.0 Å². The molecule has 0 heterocycles. The van der Waals surface area contributed by atoms with Crippen molar-refractivity contribution >= 4 is 11.9 Å². The topological polar surface area (TPSA) is 90.2 Å². The van der Waals surface area contributed by atoms with E-state index in [1.807, 2.05) is 6.07 Å². The zero-order valence-electron chi connectivity index (χ0n) is 12.4. The van der Waals surface area contributed by atoms with Crippen LogP contribution in [0.25, 0.3) is 0 Å². The van der Waals surface area contributed by atoms with E-state index in [0.29, 0.717) is 17.5 Å². The van der Waals surface area contributed by atoms with Crippen molar-refractivity contribution in [3.05, 3.63) is 71.3 Å². The van der Waals surface area contributed by atoms with Crippen molar-refractivity contribution in [3.63, 3.8) is 0 Å². The monoisotopic (exact) mass is 308 g/mol. The second-order valence-corrected chi connectivity index (χ2v) is 4.97. The Balaban J connectivity index is 2.28. The van der Waals surface area contributed by atoms with Crippen molar-refractivity contribution in [2.24, 2.45) is 0 Å². The summed E-state index contributed by atoms with van der Waals surface area (Å²) in [5.74, 6) is -1.59. The molecule has 0 aliphatic heterocycles. The summed E-state index contributed by atoms with van der Waals surface area (Å²) < 4.78 is 0. The first-order valence-corrected chi connectivity index (χ1v) is 7.17. The Labute approximate surface area is 134 Å². The van der Waals surface area contributed by atoms with Gasteiger partial charge >= 0.3 is 5.97 Å². The molecule has 5 heteroatoms. The van der Waals surface area contributed by atoms with Gasteiger partial charge in [-0.2, -0.15) is 5.26 Å². The Morgan fingerprint density at radius 1 is 1.09 bits per heavy atom. The third kappa shape index (κ3) is 4.17. The highest BCUT2D eigenvalue weighted by Gasteiger charge is 2.24. The van der Waals surface area contributed by atoms with Gasteiger partial charge in [-0.3, -0.25) is 4.79 Å². The average Bonchev–Trinajstić information content (AvgIpc) is 2.58. The van der Waals surface area contributed by atoms with Gasteiger partial charge in [-0.25, -0.2) is 4.79 Å². The van der Waals surface area contributed by atoms with E-state index in [0.717, 1.165) is 5.56 Å². The first kappa shape index (κ1) is 16.2. The third-order valence-corrected chi connectivity index (χ3v) is 3.43. The van der Waals surface area contributed by atoms with Gasteiger partial charge < -0.3 is 10.4 Å². The lowest BCUT2D eigenvalue weighted by Gasteiger charge is -2.18. The van der Waals surface area contributed by atoms with Crippen molar-refractivity contribution in [2.75, 3.05) is 0 Å².